The molecule has 1 saturated carbocycles. The monoisotopic (exact) mass is 167 g/mol. The summed E-state index contributed by atoms with van der Waals surface area (Å²) >= 11 is 0. The van der Waals surface area contributed by atoms with Crippen molar-refractivity contribution in [3.05, 3.63) is 0 Å². The van der Waals surface area contributed by atoms with E-state index in [4.69, 9.17) is 0 Å². The summed E-state index contributed by atoms with van der Waals surface area (Å²) in [5.74, 6) is 0. The van der Waals surface area contributed by atoms with E-state index in [-0.39, 0.29) is 0 Å². The molecule has 1 heterocycles. The third-order valence-corrected chi connectivity index (χ3v) is 3.85. The normalized spacial score (nSPS) is 29.8. The molecule has 0 N–H and O–H groups in total. The molecule has 1 spiro atoms. The Morgan fingerprint density at radius 1 is 1.08 bits per heavy atom. The molecule has 0 aromatic heterocycles. The Morgan fingerprint density at radius 2 is 1.75 bits per heavy atom. The highest BCUT2D eigenvalue weighted by molar-refractivity contribution is 4.90. The first-order valence-electron chi connectivity index (χ1n) is 5.57. The summed E-state index contributed by atoms with van der Waals surface area (Å²) in [7, 11) is 0. The molecule has 2 aliphatic rings. The second-order valence-electron chi connectivity index (χ2n) is 4.68. The SMILES string of the molecule is CCN1CCCC2(CCCC2)C1. The predicted molar refractivity (Wildman–Crippen MR) is 52.2 cm³/mol. The zero-order valence-electron chi connectivity index (χ0n) is 8.31. The van der Waals surface area contributed by atoms with E-state index in [1.807, 2.05) is 0 Å². The van der Waals surface area contributed by atoms with E-state index >= 15 is 0 Å². The number of likely N-dealkylation sites (tertiary alicyclic amines) is 1. The van der Waals surface area contributed by atoms with Gasteiger partial charge in [-0.2, -0.15) is 0 Å². The van der Waals surface area contributed by atoms with Crippen LogP contribution in [0.4, 0.5) is 0 Å². The van der Waals surface area contributed by atoms with Crippen molar-refractivity contribution in [3.8, 4) is 0 Å². The fourth-order valence-corrected chi connectivity index (χ4v) is 3.11. The van der Waals surface area contributed by atoms with E-state index in [9.17, 15) is 0 Å². The molecule has 1 heteroatoms. The molecule has 70 valence electrons. The standard InChI is InChI=1S/C11H21N/c1-2-12-9-5-8-11(10-12)6-3-4-7-11/h2-10H2,1H3. The van der Waals surface area contributed by atoms with Crippen LogP contribution in [0.25, 0.3) is 0 Å². The summed E-state index contributed by atoms with van der Waals surface area (Å²) in [5, 5.41) is 0. The van der Waals surface area contributed by atoms with Crippen LogP contribution in [0, 0.1) is 5.41 Å². The van der Waals surface area contributed by atoms with Crippen LogP contribution in [0.2, 0.25) is 0 Å². The molecule has 0 aromatic rings. The molecule has 1 aliphatic carbocycles. The molecule has 1 nitrogen and oxygen atoms in total. The molecule has 0 atom stereocenters. The van der Waals surface area contributed by atoms with Crippen LogP contribution in [-0.4, -0.2) is 24.5 Å². The minimum absolute atomic E-state index is 0.772. The van der Waals surface area contributed by atoms with Crippen molar-refractivity contribution in [1.29, 1.82) is 0 Å². The topological polar surface area (TPSA) is 3.24 Å². The quantitative estimate of drug-likeness (QED) is 0.580. The minimum Gasteiger partial charge on any atom is -0.303 e. The summed E-state index contributed by atoms with van der Waals surface area (Å²) in [4.78, 5) is 2.65. The Kier molecular flexibility index (Phi) is 2.40. The molecule has 12 heavy (non-hydrogen) atoms. The van der Waals surface area contributed by atoms with Gasteiger partial charge in [-0.1, -0.05) is 19.8 Å². The lowest BCUT2D eigenvalue weighted by atomic mass is 9.78. The average molecular weight is 167 g/mol. The maximum absolute atomic E-state index is 2.65. The number of hydrogen-bond donors (Lipinski definition) is 0. The van der Waals surface area contributed by atoms with Gasteiger partial charge >= 0.3 is 0 Å². The van der Waals surface area contributed by atoms with E-state index < -0.39 is 0 Å². The van der Waals surface area contributed by atoms with Gasteiger partial charge in [-0.05, 0) is 44.2 Å². The van der Waals surface area contributed by atoms with Crippen molar-refractivity contribution in [2.75, 3.05) is 19.6 Å². The van der Waals surface area contributed by atoms with Crippen LogP contribution >= 0.6 is 0 Å². The van der Waals surface area contributed by atoms with Crippen LogP contribution < -0.4 is 0 Å². The van der Waals surface area contributed by atoms with Crippen molar-refractivity contribution in [3.63, 3.8) is 0 Å². The Hall–Kier alpha value is -0.0400. The van der Waals surface area contributed by atoms with Gasteiger partial charge in [-0.3, -0.25) is 0 Å². The first-order valence-corrected chi connectivity index (χ1v) is 5.57. The summed E-state index contributed by atoms with van der Waals surface area (Å²) in [6, 6.07) is 0. The Balaban J connectivity index is 1.97. The lowest BCUT2D eigenvalue weighted by Crippen LogP contribution is -2.41. The van der Waals surface area contributed by atoms with Crippen LogP contribution in [0.15, 0.2) is 0 Å². The summed E-state index contributed by atoms with van der Waals surface area (Å²) in [6.45, 7) is 6.33. The Morgan fingerprint density at radius 3 is 2.42 bits per heavy atom. The summed E-state index contributed by atoms with van der Waals surface area (Å²) < 4.78 is 0. The molecule has 0 radical (unpaired) electrons. The van der Waals surface area contributed by atoms with Crippen LogP contribution in [0.5, 0.6) is 0 Å². The van der Waals surface area contributed by atoms with E-state index in [2.05, 4.69) is 11.8 Å². The number of rotatable bonds is 1. The predicted octanol–water partition coefficient (Wildman–Crippen LogP) is 2.66. The largest absolute Gasteiger partial charge is 0.303 e. The zero-order chi connectivity index (χ0) is 8.44. The highest BCUT2D eigenvalue weighted by Crippen LogP contribution is 2.44. The first-order chi connectivity index (χ1) is 5.85. The summed E-state index contributed by atoms with van der Waals surface area (Å²) in [6.07, 6.45) is 9.00. The number of piperidine rings is 1. The second kappa shape index (κ2) is 3.37. The van der Waals surface area contributed by atoms with Crippen LogP contribution in [-0.2, 0) is 0 Å². The number of hydrogen-bond acceptors (Lipinski definition) is 1. The Bertz CT molecular complexity index is 147. The highest BCUT2D eigenvalue weighted by atomic mass is 15.1. The highest BCUT2D eigenvalue weighted by Gasteiger charge is 2.36. The van der Waals surface area contributed by atoms with Gasteiger partial charge < -0.3 is 4.90 Å². The first kappa shape index (κ1) is 8.55. The molecule has 1 saturated heterocycles. The van der Waals surface area contributed by atoms with E-state index in [1.54, 1.807) is 0 Å². The van der Waals surface area contributed by atoms with Gasteiger partial charge in [0.1, 0.15) is 0 Å². The van der Waals surface area contributed by atoms with E-state index in [1.165, 1.54) is 58.2 Å². The van der Waals surface area contributed by atoms with Crippen molar-refractivity contribution in [2.24, 2.45) is 5.41 Å². The molecule has 0 aromatic carbocycles. The molecular formula is C11H21N. The average Bonchev–Trinajstić information content (AvgIpc) is 2.53. The molecule has 1 aliphatic heterocycles. The summed E-state index contributed by atoms with van der Waals surface area (Å²) in [5.41, 5.74) is 0.772. The van der Waals surface area contributed by atoms with Gasteiger partial charge in [0, 0.05) is 6.54 Å². The maximum Gasteiger partial charge on any atom is 0.00379 e. The van der Waals surface area contributed by atoms with Crippen molar-refractivity contribution < 1.29 is 0 Å². The van der Waals surface area contributed by atoms with Gasteiger partial charge in [0.2, 0.25) is 0 Å². The molecule has 0 bridgehead atoms. The van der Waals surface area contributed by atoms with Crippen molar-refractivity contribution in [2.45, 2.75) is 45.4 Å². The molecule has 2 rings (SSSR count). The van der Waals surface area contributed by atoms with E-state index in [0.29, 0.717) is 0 Å². The molecule has 2 fully saturated rings. The Labute approximate surface area is 76.1 Å². The third kappa shape index (κ3) is 1.52. The van der Waals surface area contributed by atoms with E-state index in [0.717, 1.165) is 5.41 Å². The molecule has 0 unspecified atom stereocenters. The van der Waals surface area contributed by atoms with Crippen molar-refractivity contribution in [1.82, 2.24) is 4.90 Å². The third-order valence-electron chi connectivity index (χ3n) is 3.85. The van der Waals surface area contributed by atoms with Crippen LogP contribution in [0.1, 0.15) is 45.4 Å². The molecular weight excluding hydrogens is 146 g/mol. The minimum atomic E-state index is 0.772. The zero-order valence-corrected chi connectivity index (χ0v) is 8.31. The van der Waals surface area contributed by atoms with Gasteiger partial charge in [-0.25, -0.2) is 0 Å². The second-order valence-corrected chi connectivity index (χ2v) is 4.68. The van der Waals surface area contributed by atoms with Gasteiger partial charge in [0.05, 0.1) is 0 Å². The van der Waals surface area contributed by atoms with Crippen molar-refractivity contribution >= 4 is 0 Å². The fraction of sp³-hybridized carbons (Fsp3) is 1.00. The van der Waals surface area contributed by atoms with Gasteiger partial charge in [0.25, 0.3) is 0 Å². The lowest BCUT2D eigenvalue weighted by Gasteiger charge is -2.40. The smallest absolute Gasteiger partial charge is 0.00379 e. The maximum atomic E-state index is 2.65. The van der Waals surface area contributed by atoms with Gasteiger partial charge in [-0.15, -0.1) is 0 Å². The van der Waals surface area contributed by atoms with Crippen LogP contribution in [0.3, 0.4) is 0 Å². The fourth-order valence-electron chi connectivity index (χ4n) is 3.11. The van der Waals surface area contributed by atoms with Gasteiger partial charge in [0.15, 0.2) is 0 Å². The number of nitrogens with zero attached hydrogens (tertiary/aromatic N) is 1. The molecule has 0 amide bonds. The lowest BCUT2D eigenvalue weighted by molar-refractivity contribution is 0.0977.